The van der Waals surface area contributed by atoms with E-state index in [-0.39, 0.29) is 36.7 Å². The predicted octanol–water partition coefficient (Wildman–Crippen LogP) is 0.611. The van der Waals surface area contributed by atoms with Gasteiger partial charge in [0.1, 0.15) is 0 Å². The van der Waals surface area contributed by atoms with Crippen LogP contribution in [0.1, 0.15) is 16.6 Å². The fourth-order valence-corrected chi connectivity index (χ4v) is 1.73. The summed E-state index contributed by atoms with van der Waals surface area (Å²) in [5.74, 6) is -0.177. The van der Waals surface area contributed by atoms with E-state index < -0.39 is 0 Å². The number of thiophene rings is 1. The molecule has 0 saturated heterocycles. The zero-order valence-corrected chi connectivity index (χ0v) is 11.8. The lowest BCUT2D eigenvalue weighted by molar-refractivity contribution is -0.120. The van der Waals surface area contributed by atoms with Crippen molar-refractivity contribution in [2.75, 3.05) is 19.6 Å². The van der Waals surface area contributed by atoms with Gasteiger partial charge in [0.05, 0.1) is 11.4 Å². The molecule has 0 aliphatic heterocycles. The van der Waals surface area contributed by atoms with E-state index in [1.54, 1.807) is 12.1 Å². The monoisotopic (exact) mass is 291 g/mol. The Hall–Kier alpha value is -1.11. The standard InChI is InChI=1S/C11H17N3O2S.ClH/c1-8(5-12)6-13-10(15)7-14-11(16)9-3-2-4-17-9;/h2-4,8H,5-7,12H2,1H3,(H,13,15)(H,14,16);1H. The molecule has 1 rings (SSSR count). The summed E-state index contributed by atoms with van der Waals surface area (Å²) in [6.07, 6.45) is 0. The first-order valence-corrected chi connectivity index (χ1v) is 6.30. The molecule has 1 aromatic rings. The van der Waals surface area contributed by atoms with Crippen LogP contribution in [0.3, 0.4) is 0 Å². The Bertz CT molecular complexity index is 370. The molecule has 0 aromatic carbocycles. The van der Waals surface area contributed by atoms with Crippen LogP contribution in [0.15, 0.2) is 17.5 Å². The molecule has 1 heterocycles. The van der Waals surface area contributed by atoms with E-state index in [0.717, 1.165) is 0 Å². The van der Waals surface area contributed by atoms with Crippen molar-refractivity contribution in [2.24, 2.45) is 11.7 Å². The van der Waals surface area contributed by atoms with Crippen LogP contribution in [-0.2, 0) is 4.79 Å². The zero-order valence-electron chi connectivity index (χ0n) is 10.1. The molecule has 0 aliphatic rings. The van der Waals surface area contributed by atoms with E-state index in [4.69, 9.17) is 5.73 Å². The van der Waals surface area contributed by atoms with Gasteiger partial charge in [-0.25, -0.2) is 0 Å². The second-order valence-corrected chi connectivity index (χ2v) is 4.75. The molecule has 1 unspecified atom stereocenters. The fourth-order valence-electron chi connectivity index (χ4n) is 1.09. The van der Waals surface area contributed by atoms with Gasteiger partial charge in [-0.15, -0.1) is 23.7 Å². The topological polar surface area (TPSA) is 84.2 Å². The molecule has 4 N–H and O–H groups in total. The molecule has 102 valence electrons. The number of hydrogen-bond acceptors (Lipinski definition) is 4. The smallest absolute Gasteiger partial charge is 0.261 e. The van der Waals surface area contributed by atoms with Crippen molar-refractivity contribution >= 4 is 35.6 Å². The summed E-state index contributed by atoms with van der Waals surface area (Å²) in [6, 6.07) is 3.51. The molecule has 5 nitrogen and oxygen atoms in total. The number of rotatable bonds is 6. The normalized spacial score (nSPS) is 11.2. The van der Waals surface area contributed by atoms with Gasteiger partial charge in [0.15, 0.2) is 0 Å². The number of halogens is 1. The average Bonchev–Trinajstić information content (AvgIpc) is 2.86. The second-order valence-electron chi connectivity index (χ2n) is 3.80. The number of amides is 2. The first kappa shape index (κ1) is 16.9. The minimum atomic E-state index is -0.220. The van der Waals surface area contributed by atoms with Crippen LogP contribution in [0.4, 0.5) is 0 Å². The lowest BCUT2D eigenvalue weighted by Gasteiger charge is -2.10. The molecule has 18 heavy (non-hydrogen) atoms. The molecule has 1 atom stereocenters. The van der Waals surface area contributed by atoms with Gasteiger partial charge < -0.3 is 16.4 Å². The van der Waals surface area contributed by atoms with E-state index >= 15 is 0 Å². The highest BCUT2D eigenvalue weighted by molar-refractivity contribution is 7.12. The molecule has 0 fully saturated rings. The van der Waals surface area contributed by atoms with Crippen molar-refractivity contribution in [3.05, 3.63) is 22.4 Å². The molecule has 0 saturated carbocycles. The Morgan fingerprint density at radius 2 is 2.17 bits per heavy atom. The highest BCUT2D eigenvalue weighted by Gasteiger charge is 2.08. The Morgan fingerprint density at radius 3 is 2.72 bits per heavy atom. The van der Waals surface area contributed by atoms with Crippen LogP contribution in [0.2, 0.25) is 0 Å². The summed E-state index contributed by atoms with van der Waals surface area (Å²) in [5.41, 5.74) is 5.42. The predicted molar refractivity (Wildman–Crippen MR) is 75.1 cm³/mol. The molecule has 7 heteroatoms. The Labute approximate surface area is 117 Å². The van der Waals surface area contributed by atoms with Gasteiger partial charge in [0.25, 0.3) is 5.91 Å². The van der Waals surface area contributed by atoms with Crippen molar-refractivity contribution in [1.82, 2.24) is 10.6 Å². The average molecular weight is 292 g/mol. The lowest BCUT2D eigenvalue weighted by Crippen LogP contribution is -2.39. The van der Waals surface area contributed by atoms with Crippen LogP contribution >= 0.6 is 23.7 Å². The second kappa shape index (κ2) is 8.91. The molecule has 1 aromatic heterocycles. The minimum absolute atomic E-state index is 0. The van der Waals surface area contributed by atoms with E-state index in [1.165, 1.54) is 11.3 Å². The van der Waals surface area contributed by atoms with E-state index in [9.17, 15) is 9.59 Å². The summed E-state index contributed by atoms with van der Waals surface area (Å²) in [6.45, 7) is 3.00. The number of carbonyl (C=O) groups is 2. The molecule has 2 amide bonds. The van der Waals surface area contributed by atoms with Crippen LogP contribution in [0, 0.1) is 5.92 Å². The largest absolute Gasteiger partial charge is 0.354 e. The van der Waals surface area contributed by atoms with Crippen LogP contribution in [-0.4, -0.2) is 31.4 Å². The van der Waals surface area contributed by atoms with Crippen molar-refractivity contribution in [2.45, 2.75) is 6.92 Å². The van der Waals surface area contributed by atoms with Crippen molar-refractivity contribution < 1.29 is 9.59 Å². The van der Waals surface area contributed by atoms with Gasteiger partial charge in [-0.2, -0.15) is 0 Å². The Balaban J connectivity index is 0.00000289. The van der Waals surface area contributed by atoms with Gasteiger partial charge in [-0.3, -0.25) is 9.59 Å². The maximum Gasteiger partial charge on any atom is 0.261 e. The third-order valence-electron chi connectivity index (χ3n) is 2.20. The zero-order chi connectivity index (χ0) is 12.7. The van der Waals surface area contributed by atoms with Gasteiger partial charge >= 0.3 is 0 Å². The Kier molecular flexibility index (Phi) is 8.36. The minimum Gasteiger partial charge on any atom is -0.354 e. The quantitative estimate of drug-likeness (QED) is 0.718. The molecular weight excluding hydrogens is 274 g/mol. The third-order valence-corrected chi connectivity index (χ3v) is 3.07. The van der Waals surface area contributed by atoms with Gasteiger partial charge in [-0.1, -0.05) is 13.0 Å². The summed E-state index contributed by atoms with van der Waals surface area (Å²) in [5, 5.41) is 7.08. The van der Waals surface area contributed by atoms with Gasteiger partial charge in [0.2, 0.25) is 5.91 Å². The van der Waals surface area contributed by atoms with Gasteiger partial charge in [-0.05, 0) is 23.9 Å². The Morgan fingerprint density at radius 1 is 1.44 bits per heavy atom. The summed E-state index contributed by atoms with van der Waals surface area (Å²) in [7, 11) is 0. The molecule has 0 radical (unpaired) electrons. The summed E-state index contributed by atoms with van der Waals surface area (Å²) in [4.78, 5) is 23.5. The van der Waals surface area contributed by atoms with E-state index in [2.05, 4.69) is 10.6 Å². The maximum absolute atomic E-state index is 11.5. The van der Waals surface area contributed by atoms with Gasteiger partial charge in [0, 0.05) is 6.54 Å². The molecule has 0 spiro atoms. The highest BCUT2D eigenvalue weighted by atomic mass is 35.5. The SMILES string of the molecule is CC(CN)CNC(=O)CNC(=O)c1cccs1.Cl. The first-order valence-electron chi connectivity index (χ1n) is 5.42. The summed E-state index contributed by atoms with van der Waals surface area (Å²) >= 11 is 1.34. The molecular formula is C11H18ClN3O2S. The third kappa shape index (κ3) is 6.00. The van der Waals surface area contributed by atoms with Crippen molar-refractivity contribution in [3.8, 4) is 0 Å². The number of hydrogen-bond donors (Lipinski definition) is 3. The number of nitrogens with two attached hydrogens (primary N) is 1. The lowest BCUT2D eigenvalue weighted by atomic mass is 10.2. The van der Waals surface area contributed by atoms with E-state index in [1.807, 2.05) is 12.3 Å². The molecule has 0 aliphatic carbocycles. The van der Waals surface area contributed by atoms with Crippen LogP contribution in [0.5, 0.6) is 0 Å². The van der Waals surface area contributed by atoms with Crippen LogP contribution < -0.4 is 16.4 Å². The van der Waals surface area contributed by atoms with E-state index in [0.29, 0.717) is 18.0 Å². The van der Waals surface area contributed by atoms with Crippen molar-refractivity contribution in [3.63, 3.8) is 0 Å². The fraction of sp³-hybridized carbons (Fsp3) is 0.455. The summed E-state index contributed by atoms with van der Waals surface area (Å²) < 4.78 is 0. The van der Waals surface area contributed by atoms with Crippen molar-refractivity contribution in [1.29, 1.82) is 0 Å². The number of carbonyl (C=O) groups excluding carboxylic acids is 2. The van der Waals surface area contributed by atoms with Crippen LogP contribution in [0.25, 0.3) is 0 Å². The number of nitrogens with one attached hydrogen (secondary N) is 2. The first-order chi connectivity index (χ1) is 8.13. The molecule has 0 bridgehead atoms. The highest BCUT2D eigenvalue weighted by Crippen LogP contribution is 2.07. The maximum atomic E-state index is 11.5.